The Bertz CT molecular complexity index is 1110. The zero-order chi connectivity index (χ0) is 24.4. The number of nitrogens with one attached hydrogen (secondary N) is 1. The molecule has 5 rings (SSSR count). The Labute approximate surface area is 204 Å². The number of rotatable bonds is 5. The number of aliphatic carboxylic acids is 1. The second kappa shape index (κ2) is 9.94. The molecule has 3 aliphatic rings. The summed E-state index contributed by atoms with van der Waals surface area (Å²) in [6.07, 6.45) is 6.36. The summed E-state index contributed by atoms with van der Waals surface area (Å²) < 4.78 is 5.65. The summed E-state index contributed by atoms with van der Waals surface area (Å²) >= 11 is 0. The summed E-state index contributed by atoms with van der Waals surface area (Å²) in [5.41, 5.74) is 4.65. The third-order valence-electron chi connectivity index (χ3n) is 7.39. The van der Waals surface area contributed by atoms with Crippen LogP contribution in [-0.2, 0) is 14.3 Å². The summed E-state index contributed by atoms with van der Waals surface area (Å²) in [6, 6.07) is 15.3. The highest BCUT2D eigenvalue weighted by Gasteiger charge is 2.37. The molecule has 2 aromatic carbocycles. The molecule has 35 heavy (non-hydrogen) atoms. The fourth-order valence-electron chi connectivity index (χ4n) is 5.68. The normalized spacial score (nSPS) is 23.3. The van der Waals surface area contributed by atoms with Crippen LogP contribution in [0, 0.1) is 5.92 Å². The van der Waals surface area contributed by atoms with Gasteiger partial charge in [-0.25, -0.2) is 9.59 Å². The molecule has 0 aromatic heterocycles. The van der Waals surface area contributed by atoms with Gasteiger partial charge in [-0.2, -0.15) is 0 Å². The summed E-state index contributed by atoms with van der Waals surface area (Å²) in [4.78, 5) is 38.9. The molecule has 2 amide bonds. The number of allylic oxidation sites excluding steroid dienone is 1. The number of hydrogen-bond acceptors (Lipinski definition) is 4. The monoisotopic (exact) mass is 474 g/mol. The Hall–Kier alpha value is -3.61. The SMILES string of the molecule is O=C(NC1C=CCC(C(=O)N2CCCC[C@@H]2C(=O)O)C1)OCC1c2ccccc2-c2ccccc21. The Balaban J connectivity index is 1.19. The van der Waals surface area contributed by atoms with Gasteiger partial charge in [-0.05, 0) is 54.4 Å². The number of piperidine rings is 1. The highest BCUT2D eigenvalue weighted by molar-refractivity contribution is 5.85. The average molecular weight is 475 g/mol. The van der Waals surface area contributed by atoms with E-state index < -0.39 is 18.1 Å². The first kappa shape index (κ1) is 23.1. The second-order valence-corrected chi connectivity index (χ2v) is 9.55. The number of likely N-dealkylation sites (tertiary alicyclic amines) is 1. The third kappa shape index (κ3) is 4.67. The highest BCUT2D eigenvalue weighted by atomic mass is 16.5. The molecule has 7 heteroatoms. The highest BCUT2D eigenvalue weighted by Crippen LogP contribution is 2.44. The molecule has 2 N–H and O–H groups in total. The first-order chi connectivity index (χ1) is 17.0. The summed E-state index contributed by atoms with van der Waals surface area (Å²) in [6.45, 7) is 0.702. The van der Waals surface area contributed by atoms with Crippen molar-refractivity contribution in [1.82, 2.24) is 10.2 Å². The van der Waals surface area contributed by atoms with Gasteiger partial charge >= 0.3 is 12.1 Å². The number of benzene rings is 2. The molecular formula is C28H30N2O5. The summed E-state index contributed by atoms with van der Waals surface area (Å²) in [5, 5.41) is 12.4. The van der Waals surface area contributed by atoms with E-state index in [9.17, 15) is 19.5 Å². The number of fused-ring (bicyclic) bond motifs is 3. The van der Waals surface area contributed by atoms with Crippen LogP contribution in [0.4, 0.5) is 4.79 Å². The van der Waals surface area contributed by atoms with Crippen LogP contribution in [0.3, 0.4) is 0 Å². The first-order valence-corrected chi connectivity index (χ1v) is 12.3. The van der Waals surface area contributed by atoms with Gasteiger partial charge in [0.2, 0.25) is 5.91 Å². The Kier molecular flexibility index (Phi) is 6.57. The van der Waals surface area contributed by atoms with Crippen LogP contribution in [0.25, 0.3) is 11.1 Å². The molecule has 1 aliphatic heterocycles. The molecule has 3 atom stereocenters. The van der Waals surface area contributed by atoms with Gasteiger partial charge in [-0.1, -0.05) is 60.7 Å². The van der Waals surface area contributed by atoms with Crippen molar-refractivity contribution in [2.45, 2.75) is 50.1 Å². The predicted molar refractivity (Wildman–Crippen MR) is 131 cm³/mol. The number of hydrogen-bond donors (Lipinski definition) is 2. The Morgan fingerprint density at radius 3 is 2.37 bits per heavy atom. The molecule has 1 heterocycles. The molecule has 0 bridgehead atoms. The van der Waals surface area contributed by atoms with Gasteiger partial charge in [0.15, 0.2) is 0 Å². The van der Waals surface area contributed by atoms with Crippen molar-refractivity contribution >= 4 is 18.0 Å². The smallest absolute Gasteiger partial charge is 0.407 e. The van der Waals surface area contributed by atoms with Crippen LogP contribution < -0.4 is 5.32 Å². The fourth-order valence-corrected chi connectivity index (χ4v) is 5.68. The van der Waals surface area contributed by atoms with E-state index in [0.29, 0.717) is 25.8 Å². The van der Waals surface area contributed by atoms with E-state index in [1.807, 2.05) is 36.4 Å². The number of alkyl carbamates (subject to hydrolysis) is 1. The van der Waals surface area contributed by atoms with Crippen molar-refractivity contribution in [2.24, 2.45) is 5.92 Å². The van der Waals surface area contributed by atoms with Gasteiger partial charge in [-0.15, -0.1) is 0 Å². The predicted octanol–water partition coefficient (Wildman–Crippen LogP) is 4.33. The van der Waals surface area contributed by atoms with Crippen LogP contribution in [0.15, 0.2) is 60.7 Å². The molecule has 1 saturated heterocycles. The van der Waals surface area contributed by atoms with Gasteiger partial charge in [0.05, 0.1) is 6.04 Å². The lowest BCUT2D eigenvalue weighted by Crippen LogP contribution is -2.51. The van der Waals surface area contributed by atoms with E-state index in [-0.39, 0.29) is 30.4 Å². The van der Waals surface area contributed by atoms with Crippen molar-refractivity contribution in [3.63, 3.8) is 0 Å². The standard InChI is InChI=1S/C28H30N2O5/c31-26(30-15-6-5-14-25(30)27(32)33)18-8-7-9-19(16-18)29-28(34)35-17-24-22-12-3-1-10-20(22)21-11-2-4-13-23(21)24/h1-4,7,9-13,18-19,24-25H,5-6,8,14-17H2,(H,29,34)(H,32,33)/t18?,19?,25-/m1/s1. The van der Waals surface area contributed by atoms with Gasteiger partial charge in [-0.3, -0.25) is 4.79 Å². The maximum absolute atomic E-state index is 13.1. The largest absolute Gasteiger partial charge is 0.480 e. The molecular weight excluding hydrogens is 444 g/mol. The van der Waals surface area contributed by atoms with Crippen molar-refractivity contribution in [2.75, 3.05) is 13.2 Å². The van der Waals surface area contributed by atoms with Crippen molar-refractivity contribution in [3.8, 4) is 11.1 Å². The third-order valence-corrected chi connectivity index (χ3v) is 7.39. The molecule has 0 saturated carbocycles. The van der Waals surface area contributed by atoms with Gasteiger partial charge in [0.1, 0.15) is 12.6 Å². The van der Waals surface area contributed by atoms with Crippen LogP contribution in [-0.4, -0.2) is 53.2 Å². The van der Waals surface area contributed by atoms with Crippen LogP contribution in [0.1, 0.15) is 49.1 Å². The molecule has 7 nitrogen and oxygen atoms in total. The molecule has 2 unspecified atom stereocenters. The lowest BCUT2D eigenvalue weighted by Gasteiger charge is -2.36. The van der Waals surface area contributed by atoms with Gasteiger partial charge in [0, 0.05) is 18.4 Å². The molecule has 0 spiro atoms. The maximum atomic E-state index is 13.1. The minimum absolute atomic E-state index is 0.0172. The number of carboxylic acids is 1. The number of ether oxygens (including phenoxy) is 1. The Morgan fingerprint density at radius 1 is 1.00 bits per heavy atom. The molecule has 0 radical (unpaired) electrons. The maximum Gasteiger partial charge on any atom is 0.407 e. The molecule has 2 aliphatic carbocycles. The lowest BCUT2D eigenvalue weighted by atomic mass is 9.88. The number of carbonyl (C=O) groups excluding carboxylic acids is 2. The number of nitrogens with zero attached hydrogens (tertiary/aromatic N) is 1. The van der Waals surface area contributed by atoms with Gasteiger partial charge in [0.25, 0.3) is 0 Å². The zero-order valence-electron chi connectivity index (χ0n) is 19.6. The number of amides is 2. The Morgan fingerprint density at radius 2 is 1.69 bits per heavy atom. The second-order valence-electron chi connectivity index (χ2n) is 9.55. The van der Waals surface area contributed by atoms with Crippen LogP contribution in [0.5, 0.6) is 0 Å². The zero-order valence-corrected chi connectivity index (χ0v) is 19.6. The number of carboxylic acid groups (broad SMARTS) is 1. The minimum Gasteiger partial charge on any atom is -0.480 e. The van der Waals surface area contributed by atoms with Crippen molar-refractivity contribution in [1.29, 1.82) is 0 Å². The average Bonchev–Trinajstić information content (AvgIpc) is 3.21. The summed E-state index contributed by atoms with van der Waals surface area (Å²) in [5.74, 6) is -1.45. The molecule has 1 fully saturated rings. The fraction of sp³-hybridized carbons (Fsp3) is 0.393. The first-order valence-electron chi connectivity index (χ1n) is 12.3. The van der Waals surface area contributed by atoms with Gasteiger partial charge < -0.3 is 20.1 Å². The summed E-state index contributed by atoms with van der Waals surface area (Å²) in [7, 11) is 0. The molecule has 182 valence electrons. The molecule has 2 aromatic rings. The minimum atomic E-state index is -0.947. The quantitative estimate of drug-likeness (QED) is 0.629. The van der Waals surface area contributed by atoms with E-state index in [1.54, 1.807) is 0 Å². The van der Waals surface area contributed by atoms with E-state index in [2.05, 4.69) is 29.6 Å². The van der Waals surface area contributed by atoms with Crippen molar-refractivity contribution < 1.29 is 24.2 Å². The van der Waals surface area contributed by atoms with E-state index in [1.165, 1.54) is 16.0 Å². The lowest BCUT2D eigenvalue weighted by molar-refractivity contribution is -0.154. The van der Waals surface area contributed by atoms with Crippen LogP contribution in [0.2, 0.25) is 0 Å². The van der Waals surface area contributed by atoms with E-state index in [4.69, 9.17) is 4.74 Å². The topological polar surface area (TPSA) is 95.9 Å². The van der Waals surface area contributed by atoms with E-state index in [0.717, 1.165) is 24.0 Å². The van der Waals surface area contributed by atoms with E-state index >= 15 is 0 Å². The number of carbonyl (C=O) groups is 3. The van der Waals surface area contributed by atoms with Crippen LogP contribution >= 0.6 is 0 Å². The van der Waals surface area contributed by atoms with Crippen molar-refractivity contribution in [3.05, 3.63) is 71.8 Å².